The van der Waals surface area contributed by atoms with Crippen molar-refractivity contribution in [2.45, 2.75) is 0 Å². The average molecular weight is 305 g/mol. The van der Waals surface area contributed by atoms with Crippen molar-refractivity contribution in [1.82, 2.24) is 9.38 Å². The number of pyridine rings is 1. The van der Waals surface area contributed by atoms with Crippen molar-refractivity contribution in [2.75, 3.05) is 11.1 Å². The fraction of sp³-hybridized carbons (Fsp3) is 0. The molecule has 0 aliphatic carbocycles. The quantitative estimate of drug-likeness (QED) is 0.751. The Bertz CT molecular complexity index is 886. The monoisotopic (exact) mass is 304 g/mol. The first-order valence-corrected chi connectivity index (χ1v) is 6.26. The number of nitrogens with two attached hydrogens (primary N) is 1. The van der Waals surface area contributed by atoms with E-state index in [0.717, 1.165) is 0 Å². The number of hydrogen-bond donors (Lipinski definition) is 2. The summed E-state index contributed by atoms with van der Waals surface area (Å²) in [5, 5.41) is 2.82. The van der Waals surface area contributed by atoms with Crippen molar-refractivity contribution in [2.24, 2.45) is 0 Å². The van der Waals surface area contributed by atoms with Crippen LogP contribution in [0.5, 0.6) is 0 Å². The number of nitrogen functional groups attached to an aromatic ring is 1. The van der Waals surface area contributed by atoms with Gasteiger partial charge in [-0.05, 0) is 24.3 Å². The number of rotatable bonds is 2. The second kappa shape index (κ2) is 4.95. The summed E-state index contributed by atoms with van der Waals surface area (Å²) in [5.41, 5.74) is 5.47. The van der Waals surface area contributed by atoms with Crippen LogP contribution in [0, 0.1) is 0 Å². The molecule has 7 nitrogen and oxygen atoms in total. The number of nitrogens with zero attached hydrogens (tertiary/aromatic N) is 2. The fourth-order valence-electron chi connectivity index (χ4n) is 1.84. The molecule has 3 aromatic heterocycles. The lowest BCUT2D eigenvalue weighted by Crippen LogP contribution is -2.23. The first kappa shape index (κ1) is 13.2. The maximum atomic E-state index is 12.0. The van der Waals surface area contributed by atoms with Gasteiger partial charge < -0.3 is 15.5 Å². The fourth-order valence-corrected chi connectivity index (χ4v) is 2.00. The van der Waals surface area contributed by atoms with Gasteiger partial charge in [-0.25, -0.2) is 0 Å². The molecule has 0 aliphatic heterocycles. The molecule has 21 heavy (non-hydrogen) atoms. The van der Waals surface area contributed by atoms with Crippen LogP contribution < -0.4 is 16.6 Å². The highest BCUT2D eigenvalue weighted by Crippen LogP contribution is 2.18. The summed E-state index contributed by atoms with van der Waals surface area (Å²) in [7, 11) is 0. The summed E-state index contributed by atoms with van der Waals surface area (Å²) < 4.78 is 6.37. The molecule has 8 heteroatoms. The zero-order chi connectivity index (χ0) is 15.0. The number of nitrogens with one attached hydrogen (secondary N) is 1. The minimum absolute atomic E-state index is 0.0346. The van der Waals surface area contributed by atoms with E-state index in [1.165, 1.54) is 22.9 Å². The summed E-state index contributed by atoms with van der Waals surface area (Å²) in [5.74, 6) is -0.495. The van der Waals surface area contributed by atoms with Crippen molar-refractivity contribution >= 4 is 34.7 Å². The number of carbonyl (C=O) groups excluding carboxylic acids is 1. The van der Waals surface area contributed by atoms with Crippen molar-refractivity contribution in [1.29, 1.82) is 0 Å². The van der Waals surface area contributed by atoms with Gasteiger partial charge in [0.05, 0.1) is 11.3 Å². The Balaban J connectivity index is 2.10. The lowest BCUT2D eigenvalue weighted by atomic mass is 10.3. The van der Waals surface area contributed by atoms with Crippen LogP contribution in [-0.4, -0.2) is 15.3 Å². The third-order valence-corrected chi connectivity index (χ3v) is 3.04. The van der Waals surface area contributed by atoms with Crippen molar-refractivity contribution in [3.8, 4) is 0 Å². The number of halogens is 1. The molecule has 3 N–H and O–H groups in total. The second-order valence-electron chi connectivity index (χ2n) is 4.18. The maximum absolute atomic E-state index is 12.0. The zero-order valence-electron chi connectivity index (χ0n) is 10.5. The van der Waals surface area contributed by atoms with E-state index in [0.29, 0.717) is 10.7 Å². The van der Waals surface area contributed by atoms with E-state index in [9.17, 15) is 9.59 Å². The number of furan rings is 1. The van der Waals surface area contributed by atoms with Crippen LogP contribution in [0.25, 0.3) is 5.65 Å². The molecule has 3 aromatic rings. The predicted octanol–water partition coefficient (Wildman–Crippen LogP) is 1.78. The standard InChI is InChI=1S/C13H9ClN4O3/c14-7-3-4-9-16-13(20)10(11(15)18(9)6-7)17-12(19)8-2-1-5-21-8/h1-6H,15H2,(H,17,19). The highest BCUT2D eigenvalue weighted by Gasteiger charge is 2.16. The summed E-state index contributed by atoms with van der Waals surface area (Å²) in [6.45, 7) is 0. The first-order chi connectivity index (χ1) is 10.1. The van der Waals surface area contributed by atoms with E-state index in [-0.39, 0.29) is 17.3 Å². The molecule has 0 bridgehead atoms. The zero-order valence-corrected chi connectivity index (χ0v) is 11.3. The lowest BCUT2D eigenvalue weighted by molar-refractivity contribution is 0.0996. The molecule has 3 rings (SSSR count). The van der Waals surface area contributed by atoms with Gasteiger partial charge in [-0.3, -0.25) is 14.0 Å². The van der Waals surface area contributed by atoms with Crippen molar-refractivity contribution < 1.29 is 9.21 Å². The van der Waals surface area contributed by atoms with Crippen LogP contribution in [0.4, 0.5) is 11.5 Å². The van der Waals surface area contributed by atoms with Gasteiger partial charge in [-0.15, -0.1) is 0 Å². The molecule has 106 valence electrons. The number of amides is 1. The summed E-state index contributed by atoms with van der Waals surface area (Å²) in [6, 6.07) is 6.17. The molecule has 0 unspecified atom stereocenters. The Kier molecular flexibility index (Phi) is 3.11. The summed E-state index contributed by atoms with van der Waals surface area (Å²) in [6.07, 6.45) is 2.85. The molecule has 0 atom stereocenters. The van der Waals surface area contributed by atoms with Gasteiger partial charge in [0.15, 0.2) is 11.4 Å². The molecule has 0 aliphatic rings. The van der Waals surface area contributed by atoms with Gasteiger partial charge in [0, 0.05) is 6.20 Å². The van der Waals surface area contributed by atoms with Gasteiger partial charge in [-0.1, -0.05) is 11.6 Å². The number of aromatic nitrogens is 2. The van der Waals surface area contributed by atoms with Gasteiger partial charge in [-0.2, -0.15) is 4.98 Å². The Morgan fingerprint density at radius 2 is 2.19 bits per heavy atom. The Morgan fingerprint density at radius 1 is 1.38 bits per heavy atom. The van der Waals surface area contributed by atoms with E-state index >= 15 is 0 Å². The first-order valence-electron chi connectivity index (χ1n) is 5.88. The van der Waals surface area contributed by atoms with Gasteiger partial charge in [0.2, 0.25) is 0 Å². The minimum Gasteiger partial charge on any atom is -0.459 e. The van der Waals surface area contributed by atoms with Crippen molar-refractivity contribution in [3.63, 3.8) is 0 Å². The largest absolute Gasteiger partial charge is 0.459 e. The molecule has 0 fully saturated rings. The predicted molar refractivity (Wildman–Crippen MR) is 77.5 cm³/mol. The van der Waals surface area contributed by atoms with Gasteiger partial charge >= 0.3 is 0 Å². The Morgan fingerprint density at radius 3 is 2.90 bits per heavy atom. The van der Waals surface area contributed by atoms with Crippen LogP contribution in [0.3, 0.4) is 0 Å². The molecular weight excluding hydrogens is 296 g/mol. The third-order valence-electron chi connectivity index (χ3n) is 2.82. The highest BCUT2D eigenvalue weighted by atomic mass is 35.5. The van der Waals surface area contributed by atoms with E-state index < -0.39 is 11.5 Å². The minimum atomic E-state index is -0.644. The molecule has 0 saturated heterocycles. The SMILES string of the molecule is Nc1c(NC(=O)c2ccco2)c(=O)nc2ccc(Cl)cn12. The van der Waals surface area contributed by atoms with Crippen LogP contribution >= 0.6 is 11.6 Å². The molecule has 0 saturated carbocycles. The maximum Gasteiger partial charge on any atom is 0.299 e. The van der Waals surface area contributed by atoms with Crippen LogP contribution in [0.15, 0.2) is 45.9 Å². The third kappa shape index (κ3) is 2.34. The van der Waals surface area contributed by atoms with E-state index in [1.807, 2.05) is 0 Å². The molecule has 0 radical (unpaired) electrons. The van der Waals surface area contributed by atoms with Crippen LogP contribution in [-0.2, 0) is 0 Å². The highest BCUT2D eigenvalue weighted by molar-refractivity contribution is 6.30. The Labute approximate surface area is 123 Å². The second-order valence-corrected chi connectivity index (χ2v) is 4.62. The van der Waals surface area contributed by atoms with Gasteiger partial charge in [0.25, 0.3) is 11.5 Å². The smallest absolute Gasteiger partial charge is 0.299 e. The number of carbonyl (C=O) groups is 1. The van der Waals surface area contributed by atoms with E-state index in [1.54, 1.807) is 18.2 Å². The average Bonchev–Trinajstić information content (AvgIpc) is 2.98. The molecule has 1 amide bonds. The van der Waals surface area contributed by atoms with Crippen molar-refractivity contribution in [3.05, 3.63) is 57.9 Å². The summed E-state index contributed by atoms with van der Waals surface area (Å²) >= 11 is 5.89. The molecule has 3 heterocycles. The molecule has 0 spiro atoms. The lowest BCUT2D eigenvalue weighted by Gasteiger charge is -2.10. The molecule has 0 aromatic carbocycles. The van der Waals surface area contributed by atoms with Crippen LogP contribution in [0.2, 0.25) is 5.02 Å². The molecular formula is C13H9ClN4O3. The Hall–Kier alpha value is -2.80. The summed E-state index contributed by atoms with van der Waals surface area (Å²) in [4.78, 5) is 27.7. The number of hydrogen-bond acceptors (Lipinski definition) is 5. The van der Waals surface area contributed by atoms with Crippen LogP contribution in [0.1, 0.15) is 10.6 Å². The van der Waals surface area contributed by atoms with Gasteiger partial charge in [0.1, 0.15) is 11.5 Å². The number of anilines is 2. The normalized spacial score (nSPS) is 10.7. The van der Waals surface area contributed by atoms with E-state index in [2.05, 4.69) is 10.3 Å². The topological polar surface area (TPSA) is 103 Å². The number of fused-ring (bicyclic) bond motifs is 1. The van der Waals surface area contributed by atoms with E-state index in [4.69, 9.17) is 21.8 Å².